The van der Waals surface area contributed by atoms with E-state index in [1.165, 1.54) is 29.9 Å². The minimum absolute atomic E-state index is 0.357. The zero-order chi connectivity index (χ0) is 14.9. The maximum absolute atomic E-state index is 12.1. The highest BCUT2D eigenvalue weighted by molar-refractivity contribution is 7.13. The van der Waals surface area contributed by atoms with Crippen LogP contribution in [0.2, 0.25) is 0 Å². The lowest BCUT2D eigenvalue weighted by atomic mass is 10.1. The Morgan fingerprint density at radius 3 is 2.86 bits per heavy atom. The summed E-state index contributed by atoms with van der Waals surface area (Å²) >= 11 is 1.47. The smallest absolute Gasteiger partial charge is 0.345 e. The predicted molar refractivity (Wildman–Crippen MR) is 89.2 cm³/mol. The molecule has 0 unspecified atom stereocenters. The van der Waals surface area contributed by atoms with Crippen molar-refractivity contribution in [2.24, 2.45) is 4.99 Å². The number of aliphatic imine (C=N–C) groups is 1. The number of fused-ring (bicyclic) bond motifs is 1. The molecule has 2 heterocycles. The van der Waals surface area contributed by atoms with E-state index in [1.807, 2.05) is 29.6 Å². The predicted octanol–water partition coefficient (Wildman–Crippen LogP) is 4.56. The molecule has 1 aromatic carbocycles. The first kappa shape index (κ1) is 13.4. The van der Waals surface area contributed by atoms with E-state index in [0.717, 1.165) is 23.4 Å². The van der Waals surface area contributed by atoms with E-state index in [1.54, 1.807) is 6.07 Å². The number of hydrogen-bond acceptors (Lipinski definition) is 5. The van der Waals surface area contributed by atoms with E-state index in [-0.39, 0.29) is 5.63 Å². The van der Waals surface area contributed by atoms with Gasteiger partial charge < -0.3 is 4.42 Å². The Morgan fingerprint density at radius 2 is 2.00 bits per heavy atom. The zero-order valence-corrected chi connectivity index (χ0v) is 12.7. The van der Waals surface area contributed by atoms with Gasteiger partial charge in [0.05, 0.1) is 11.3 Å². The van der Waals surface area contributed by atoms with Crippen LogP contribution in [0.3, 0.4) is 0 Å². The number of para-hydroxylation sites is 1. The zero-order valence-electron chi connectivity index (χ0n) is 11.9. The van der Waals surface area contributed by atoms with E-state index >= 15 is 0 Å². The van der Waals surface area contributed by atoms with E-state index < -0.39 is 0 Å². The van der Waals surface area contributed by atoms with Gasteiger partial charge in [0.25, 0.3) is 0 Å². The maximum atomic E-state index is 12.1. The molecular weight excluding hydrogens is 296 g/mol. The van der Waals surface area contributed by atoms with Crippen LogP contribution in [0.25, 0.3) is 22.2 Å². The molecule has 1 aliphatic carbocycles. The van der Waals surface area contributed by atoms with Crippen molar-refractivity contribution < 1.29 is 4.42 Å². The van der Waals surface area contributed by atoms with Crippen LogP contribution in [0.5, 0.6) is 0 Å². The largest absolute Gasteiger partial charge is 0.422 e. The topological polar surface area (TPSA) is 55.5 Å². The number of aromatic nitrogens is 1. The average Bonchev–Trinajstić information content (AvgIpc) is 3.19. The van der Waals surface area contributed by atoms with Crippen LogP contribution >= 0.6 is 11.3 Å². The maximum Gasteiger partial charge on any atom is 0.345 e. The summed E-state index contributed by atoms with van der Waals surface area (Å²) in [6.45, 7) is 0. The van der Waals surface area contributed by atoms with Crippen molar-refractivity contribution in [3.63, 3.8) is 0 Å². The van der Waals surface area contributed by atoms with Crippen LogP contribution in [-0.2, 0) is 0 Å². The van der Waals surface area contributed by atoms with E-state index in [4.69, 9.17) is 4.42 Å². The van der Waals surface area contributed by atoms with Crippen molar-refractivity contribution in [3.05, 3.63) is 46.1 Å². The minimum atomic E-state index is -0.357. The van der Waals surface area contributed by atoms with Crippen molar-refractivity contribution in [1.29, 1.82) is 0 Å². The molecule has 0 spiro atoms. The third-order valence-electron chi connectivity index (χ3n) is 3.84. The van der Waals surface area contributed by atoms with Crippen molar-refractivity contribution in [2.45, 2.75) is 25.7 Å². The molecule has 110 valence electrons. The Bertz CT molecular complexity index is 916. The fourth-order valence-corrected chi connectivity index (χ4v) is 3.44. The van der Waals surface area contributed by atoms with Gasteiger partial charge >= 0.3 is 5.63 Å². The Kier molecular flexibility index (Phi) is 3.35. The number of rotatable bonds is 2. The molecule has 0 atom stereocenters. The lowest BCUT2D eigenvalue weighted by Crippen LogP contribution is -2.02. The third kappa shape index (κ3) is 2.48. The molecule has 0 N–H and O–H groups in total. The average molecular weight is 310 g/mol. The van der Waals surface area contributed by atoms with Gasteiger partial charge in [-0.25, -0.2) is 14.8 Å². The molecule has 4 rings (SSSR count). The number of nitrogens with zero attached hydrogens (tertiary/aromatic N) is 2. The van der Waals surface area contributed by atoms with Crippen LogP contribution in [0.1, 0.15) is 25.7 Å². The normalized spacial score (nSPS) is 14.6. The van der Waals surface area contributed by atoms with Crippen LogP contribution in [-0.4, -0.2) is 10.7 Å². The van der Waals surface area contributed by atoms with Gasteiger partial charge in [0.2, 0.25) is 5.13 Å². The number of hydrogen-bond donors (Lipinski definition) is 0. The Hall–Kier alpha value is -2.27. The molecule has 0 saturated heterocycles. The van der Waals surface area contributed by atoms with E-state index in [9.17, 15) is 4.79 Å². The molecule has 0 bridgehead atoms. The quantitative estimate of drug-likeness (QED) is 0.652. The van der Waals surface area contributed by atoms with Crippen LogP contribution in [0.15, 0.2) is 49.9 Å². The number of thiazole rings is 1. The summed E-state index contributed by atoms with van der Waals surface area (Å²) in [5.74, 6) is 0. The summed E-state index contributed by atoms with van der Waals surface area (Å²) in [6.07, 6.45) is 4.55. The molecule has 1 fully saturated rings. The van der Waals surface area contributed by atoms with Gasteiger partial charge in [0.1, 0.15) is 5.58 Å². The summed E-state index contributed by atoms with van der Waals surface area (Å²) in [7, 11) is 0. The fraction of sp³-hybridized carbons (Fsp3) is 0.235. The molecule has 2 aromatic heterocycles. The third-order valence-corrected chi connectivity index (χ3v) is 4.58. The summed E-state index contributed by atoms with van der Waals surface area (Å²) < 4.78 is 5.36. The molecule has 0 aliphatic heterocycles. The molecule has 1 aliphatic rings. The Balaban J connectivity index is 1.76. The van der Waals surface area contributed by atoms with E-state index in [2.05, 4.69) is 9.98 Å². The second kappa shape index (κ2) is 5.50. The summed E-state index contributed by atoms with van der Waals surface area (Å²) in [4.78, 5) is 21.2. The summed E-state index contributed by atoms with van der Waals surface area (Å²) in [6, 6.07) is 9.32. The van der Waals surface area contributed by atoms with Crippen molar-refractivity contribution in [1.82, 2.24) is 4.98 Å². The fourth-order valence-electron chi connectivity index (χ4n) is 2.71. The lowest BCUT2D eigenvalue weighted by Gasteiger charge is -1.98. The monoisotopic (exact) mass is 310 g/mol. The second-order valence-corrected chi connectivity index (χ2v) is 6.22. The van der Waals surface area contributed by atoms with Crippen molar-refractivity contribution in [2.75, 3.05) is 0 Å². The molecule has 5 heteroatoms. The Morgan fingerprint density at radius 1 is 1.18 bits per heavy atom. The minimum Gasteiger partial charge on any atom is -0.422 e. The van der Waals surface area contributed by atoms with Gasteiger partial charge in [-0.15, -0.1) is 11.3 Å². The summed E-state index contributed by atoms with van der Waals surface area (Å²) in [5, 5.41) is 3.49. The van der Waals surface area contributed by atoms with Crippen molar-refractivity contribution >= 4 is 33.1 Å². The van der Waals surface area contributed by atoms with E-state index in [0.29, 0.717) is 16.8 Å². The second-order valence-electron chi connectivity index (χ2n) is 5.39. The highest BCUT2D eigenvalue weighted by atomic mass is 32.1. The van der Waals surface area contributed by atoms with Gasteiger partial charge in [-0.1, -0.05) is 18.2 Å². The van der Waals surface area contributed by atoms with Gasteiger partial charge in [0.15, 0.2) is 0 Å². The highest BCUT2D eigenvalue weighted by Gasteiger charge is 2.13. The molecule has 4 nitrogen and oxygen atoms in total. The highest BCUT2D eigenvalue weighted by Crippen LogP contribution is 2.28. The van der Waals surface area contributed by atoms with Crippen LogP contribution in [0.4, 0.5) is 5.13 Å². The van der Waals surface area contributed by atoms with Gasteiger partial charge in [-0.3, -0.25) is 0 Å². The van der Waals surface area contributed by atoms with Crippen LogP contribution in [0, 0.1) is 0 Å². The molecular formula is C17H14N2O2S. The van der Waals surface area contributed by atoms with Gasteiger partial charge in [0, 0.05) is 16.5 Å². The van der Waals surface area contributed by atoms with Crippen LogP contribution < -0.4 is 5.63 Å². The molecule has 0 radical (unpaired) electrons. The number of benzene rings is 1. The molecule has 3 aromatic rings. The lowest BCUT2D eigenvalue weighted by molar-refractivity contribution is 0.563. The standard InChI is InChI=1S/C17H14N2O2S/c20-16-13(9-11-5-1-4-8-15(11)21-16)14-10-22-17(19-14)18-12-6-2-3-7-12/h1,4-5,8-10H,2-3,6-7H2. The summed E-state index contributed by atoms with van der Waals surface area (Å²) in [5.41, 5.74) is 2.59. The van der Waals surface area contributed by atoms with Gasteiger partial charge in [-0.2, -0.15) is 0 Å². The SMILES string of the molecule is O=c1oc2ccccc2cc1-c1csc(N=C2CCCC2)n1. The first-order valence-electron chi connectivity index (χ1n) is 7.35. The first-order valence-corrected chi connectivity index (χ1v) is 8.23. The molecule has 1 saturated carbocycles. The van der Waals surface area contributed by atoms with Gasteiger partial charge in [-0.05, 0) is 37.8 Å². The first-order chi connectivity index (χ1) is 10.8. The molecule has 0 amide bonds. The molecule has 22 heavy (non-hydrogen) atoms. The van der Waals surface area contributed by atoms with Crippen molar-refractivity contribution in [3.8, 4) is 11.3 Å². The Labute approximate surface area is 131 Å².